The molecular weight excluding hydrogens is 360 g/mol. The molecule has 2 aromatic carbocycles. The third-order valence-electron chi connectivity index (χ3n) is 4.81. The van der Waals surface area contributed by atoms with Crippen LogP contribution >= 0.6 is 0 Å². The molecule has 7 heteroatoms. The van der Waals surface area contributed by atoms with Crippen LogP contribution in [-0.2, 0) is 11.2 Å². The normalized spacial score (nSPS) is 12.7. The van der Waals surface area contributed by atoms with Crippen molar-refractivity contribution in [2.24, 2.45) is 0 Å². The second-order valence-electron chi connectivity index (χ2n) is 6.54. The van der Waals surface area contributed by atoms with Crippen molar-refractivity contribution in [1.82, 2.24) is 0 Å². The molecule has 4 rings (SSSR count). The molecule has 0 fully saturated rings. The number of rotatable bonds is 3. The van der Waals surface area contributed by atoms with Crippen LogP contribution < -0.4 is 20.6 Å². The van der Waals surface area contributed by atoms with Crippen LogP contribution in [0.3, 0.4) is 0 Å². The minimum Gasteiger partial charge on any atom is -0.493 e. The van der Waals surface area contributed by atoms with Crippen LogP contribution in [0.2, 0.25) is 0 Å². The highest BCUT2D eigenvalue weighted by Gasteiger charge is 2.23. The minimum absolute atomic E-state index is 0.0497. The number of carbonyl (C=O) groups is 2. The van der Waals surface area contributed by atoms with E-state index < -0.39 is 11.5 Å². The Balaban J connectivity index is 1.66. The van der Waals surface area contributed by atoms with E-state index in [4.69, 9.17) is 9.15 Å². The summed E-state index contributed by atoms with van der Waals surface area (Å²) in [6.07, 6.45) is 0.777. The third-order valence-corrected chi connectivity index (χ3v) is 4.81. The van der Waals surface area contributed by atoms with E-state index >= 15 is 0 Å². The number of methoxy groups -OCH3 is 1. The summed E-state index contributed by atoms with van der Waals surface area (Å²) in [6.45, 7) is 2.13. The smallest absolute Gasteiger partial charge is 0.349 e. The molecule has 1 aliphatic rings. The second-order valence-corrected chi connectivity index (χ2v) is 6.54. The molecule has 1 N–H and O–H groups in total. The number of nitrogens with zero attached hydrogens (tertiary/aromatic N) is 1. The molecule has 0 unspecified atom stereocenters. The first-order chi connectivity index (χ1) is 13.5. The standard InChI is InChI=1S/C21H18N2O5/c1-12(24)23-9-8-13-6-7-15(11-17(13)23)22-20(25)16-10-14-4-3-5-18(27-2)19(14)28-21(16)26/h3-7,10-11H,8-9H2,1-2H3,(H,22,25). The number of anilines is 2. The predicted molar refractivity (Wildman–Crippen MR) is 105 cm³/mol. The van der Waals surface area contributed by atoms with Gasteiger partial charge >= 0.3 is 5.63 Å². The number of ether oxygens (including phenoxy) is 1. The lowest BCUT2D eigenvalue weighted by atomic mass is 10.1. The number of fused-ring (bicyclic) bond motifs is 2. The first kappa shape index (κ1) is 17.8. The highest BCUT2D eigenvalue weighted by atomic mass is 16.5. The van der Waals surface area contributed by atoms with Gasteiger partial charge in [0, 0.05) is 30.2 Å². The van der Waals surface area contributed by atoms with Crippen molar-refractivity contribution in [3.8, 4) is 5.75 Å². The number of hydrogen-bond acceptors (Lipinski definition) is 5. The van der Waals surface area contributed by atoms with Crippen LogP contribution in [0.4, 0.5) is 11.4 Å². The van der Waals surface area contributed by atoms with E-state index in [0.717, 1.165) is 17.7 Å². The second kappa shape index (κ2) is 6.84. The van der Waals surface area contributed by atoms with Gasteiger partial charge in [-0.25, -0.2) is 4.79 Å². The van der Waals surface area contributed by atoms with Gasteiger partial charge in [0.1, 0.15) is 5.56 Å². The van der Waals surface area contributed by atoms with E-state index in [1.165, 1.54) is 20.1 Å². The highest BCUT2D eigenvalue weighted by Crippen LogP contribution is 2.31. The molecule has 0 spiro atoms. The number of para-hydroxylation sites is 1. The van der Waals surface area contributed by atoms with Crippen LogP contribution in [0.25, 0.3) is 11.0 Å². The Bertz CT molecular complexity index is 1170. The molecule has 3 aromatic rings. The maximum Gasteiger partial charge on any atom is 0.349 e. The van der Waals surface area contributed by atoms with Gasteiger partial charge in [-0.15, -0.1) is 0 Å². The molecule has 0 atom stereocenters. The number of nitrogens with one attached hydrogen (secondary N) is 1. The summed E-state index contributed by atoms with van der Waals surface area (Å²) in [4.78, 5) is 38.4. The van der Waals surface area contributed by atoms with Crippen molar-refractivity contribution < 1.29 is 18.7 Å². The van der Waals surface area contributed by atoms with Crippen LogP contribution in [0.15, 0.2) is 51.7 Å². The maximum atomic E-state index is 12.7. The molecule has 1 aliphatic heterocycles. The Kier molecular flexibility index (Phi) is 4.35. The van der Waals surface area contributed by atoms with Gasteiger partial charge in [0.15, 0.2) is 11.3 Å². The Hall–Kier alpha value is -3.61. The summed E-state index contributed by atoms with van der Waals surface area (Å²) in [6, 6.07) is 12.0. The van der Waals surface area contributed by atoms with Crippen LogP contribution in [0.5, 0.6) is 5.75 Å². The first-order valence-electron chi connectivity index (χ1n) is 8.81. The number of hydrogen-bond donors (Lipinski definition) is 1. The van der Waals surface area contributed by atoms with Crippen LogP contribution in [-0.4, -0.2) is 25.5 Å². The molecule has 28 heavy (non-hydrogen) atoms. The quantitative estimate of drug-likeness (QED) is 0.708. The molecule has 2 amide bonds. The van der Waals surface area contributed by atoms with Gasteiger partial charge in [0.05, 0.1) is 7.11 Å². The molecule has 0 aliphatic carbocycles. The van der Waals surface area contributed by atoms with Crippen LogP contribution in [0.1, 0.15) is 22.8 Å². The van der Waals surface area contributed by atoms with Crippen molar-refractivity contribution in [2.45, 2.75) is 13.3 Å². The van der Waals surface area contributed by atoms with E-state index in [2.05, 4.69) is 5.32 Å². The topological polar surface area (TPSA) is 88.9 Å². The molecule has 0 saturated heterocycles. The molecule has 0 radical (unpaired) electrons. The van der Waals surface area contributed by atoms with Crippen molar-refractivity contribution in [3.05, 3.63) is 64.0 Å². The highest BCUT2D eigenvalue weighted by molar-refractivity contribution is 6.06. The summed E-state index contributed by atoms with van der Waals surface area (Å²) in [5.41, 5.74) is 1.76. The van der Waals surface area contributed by atoms with E-state index in [0.29, 0.717) is 29.0 Å². The molecule has 2 heterocycles. The summed E-state index contributed by atoms with van der Waals surface area (Å²) >= 11 is 0. The summed E-state index contributed by atoms with van der Waals surface area (Å²) in [7, 11) is 1.48. The largest absolute Gasteiger partial charge is 0.493 e. The third kappa shape index (κ3) is 3.00. The first-order valence-corrected chi connectivity index (χ1v) is 8.81. The lowest BCUT2D eigenvalue weighted by Gasteiger charge is -2.15. The maximum absolute atomic E-state index is 12.7. The minimum atomic E-state index is -0.749. The van der Waals surface area contributed by atoms with Gasteiger partial charge < -0.3 is 19.4 Å². The number of benzene rings is 2. The van der Waals surface area contributed by atoms with Gasteiger partial charge in [0.2, 0.25) is 5.91 Å². The molecule has 0 bridgehead atoms. The number of carbonyl (C=O) groups excluding carboxylic acids is 2. The molecule has 142 valence electrons. The Labute approximate surface area is 160 Å². The van der Waals surface area contributed by atoms with Crippen molar-refractivity contribution in [2.75, 3.05) is 23.9 Å². The number of amides is 2. The Morgan fingerprint density at radius 3 is 2.75 bits per heavy atom. The van der Waals surface area contributed by atoms with Crippen molar-refractivity contribution in [1.29, 1.82) is 0 Å². The molecular formula is C21H18N2O5. The van der Waals surface area contributed by atoms with Gasteiger partial charge in [-0.2, -0.15) is 0 Å². The fourth-order valence-electron chi connectivity index (χ4n) is 3.42. The monoisotopic (exact) mass is 378 g/mol. The fraction of sp³-hybridized carbons (Fsp3) is 0.190. The van der Waals surface area contributed by atoms with Gasteiger partial charge in [-0.3, -0.25) is 9.59 Å². The lowest BCUT2D eigenvalue weighted by molar-refractivity contribution is -0.116. The van der Waals surface area contributed by atoms with Crippen LogP contribution in [0, 0.1) is 0 Å². The Morgan fingerprint density at radius 2 is 2.00 bits per heavy atom. The van der Waals surface area contributed by atoms with Crippen molar-refractivity contribution in [3.63, 3.8) is 0 Å². The van der Waals surface area contributed by atoms with E-state index in [-0.39, 0.29) is 11.5 Å². The van der Waals surface area contributed by atoms with Gasteiger partial charge in [-0.05, 0) is 36.2 Å². The summed E-state index contributed by atoms with van der Waals surface area (Å²) in [5, 5.41) is 3.30. The molecule has 1 aromatic heterocycles. The summed E-state index contributed by atoms with van der Waals surface area (Å²) in [5.74, 6) is -0.207. The van der Waals surface area contributed by atoms with Gasteiger partial charge in [0.25, 0.3) is 5.91 Å². The summed E-state index contributed by atoms with van der Waals surface area (Å²) < 4.78 is 10.5. The van der Waals surface area contributed by atoms with E-state index in [1.807, 2.05) is 6.07 Å². The van der Waals surface area contributed by atoms with E-state index in [1.54, 1.807) is 35.2 Å². The predicted octanol–water partition coefficient (Wildman–Crippen LogP) is 2.96. The van der Waals surface area contributed by atoms with E-state index in [9.17, 15) is 14.4 Å². The molecule has 7 nitrogen and oxygen atoms in total. The average Bonchev–Trinajstić information content (AvgIpc) is 3.10. The zero-order valence-corrected chi connectivity index (χ0v) is 15.4. The zero-order valence-electron chi connectivity index (χ0n) is 15.4. The molecule has 0 saturated carbocycles. The fourth-order valence-corrected chi connectivity index (χ4v) is 3.42. The SMILES string of the molecule is COc1cccc2cc(C(=O)Nc3ccc4c(c3)N(C(C)=O)CC4)c(=O)oc12. The van der Waals surface area contributed by atoms with Gasteiger partial charge in [-0.1, -0.05) is 18.2 Å². The lowest BCUT2D eigenvalue weighted by Crippen LogP contribution is -2.26. The zero-order chi connectivity index (χ0) is 19.8. The van der Waals surface area contributed by atoms with Crippen molar-refractivity contribution >= 4 is 34.2 Å². The Morgan fingerprint density at radius 1 is 1.18 bits per heavy atom. The average molecular weight is 378 g/mol.